The highest BCUT2D eigenvalue weighted by molar-refractivity contribution is 5.81. The number of nitrogens with zero attached hydrogens (tertiary/aromatic N) is 1. The highest BCUT2D eigenvalue weighted by atomic mass is 16.6. The summed E-state index contributed by atoms with van der Waals surface area (Å²) in [6, 6.07) is -0.576. The fraction of sp³-hybridized carbons (Fsp3) is 0.909. The van der Waals surface area contributed by atoms with E-state index in [0.29, 0.717) is 19.6 Å². The lowest BCUT2D eigenvalue weighted by Crippen LogP contribution is -2.44. The van der Waals surface area contributed by atoms with Crippen molar-refractivity contribution in [1.29, 1.82) is 0 Å². The smallest absolute Gasteiger partial charge is 0.410 e. The van der Waals surface area contributed by atoms with Crippen LogP contribution in [0, 0.1) is 5.92 Å². The predicted octanol–water partition coefficient (Wildman–Crippen LogP) is 5.95. The number of carbonyl (C=O) groups is 2. The number of ether oxygens (including phenoxy) is 2. The molecule has 0 saturated heterocycles. The number of amides is 1. The summed E-state index contributed by atoms with van der Waals surface area (Å²) in [7, 11) is 1.62. The molecule has 0 aromatic heterocycles. The molecule has 0 fully saturated rings. The molecule has 0 bridgehead atoms. The minimum absolute atomic E-state index is 0.289. The molecule has 0 aliphatic heterocycles. The summed E-state index contributed by atoms with van der Waals surface area (Å²) in [4.78, 5) is 25.9. The van der Waals surface area contributed by atoms with Crippen molar-refractivity contribution < 1.29 is 19.1 Å². The average Bonchev–Trinajstić information content (AvgIpc) is 2.64. The van der Waals surface area contributed by atoms with Crippen molar-refractivity contribution in [3.8, 4) is 0 Å². The fourth-order valence-electron chi connectivity index (χ4n) is 2.96. The number of hydrogen-bond donors (Lipinski definition) is 0. The molecule has 0 rings (SSSR count). The van der Waals surface area contributed by atoms with Gasteiger partial charge in [-0.05, 0) is 25.2 Å². The Hall–Kier alpha value is -1.26. The maximum Gasteiger partial charge on any atom is 0.410 e. The normalized spacial score (nSPS) is 12.1. The minimum atomic E-state index is -0.576. The molecule has 5 heteroatoms. The van der Waals surface area contributed by atoms with Crippen LogP contribution in [0.15, 0.2) is 0 Å². The maximum atomic E-state index is 12.5. The first-order valence-corrected chi connectivity index (χ1v) is 11.0. The van der Waals surface area contributed by atoms with Gasteiger partial charge in [-0.15, -0.1) is 0 Å². The van der Waals surface area contributed by atoms with E-state index in [1.165, 1.54) is 49.8 Å². The SMILES string of the molecule is CCCCCCCCCCCOC(=O)C(CC(C)C)N(C)C(=O)OCCC. The van der Waals surface area contributed by atoms with Crippen LogP contribution < -0.4 is 0 Å². The van der Waals surface area contributed by atoms with E-state index in [1.807, 2.05) is 20.8 Å². The molecule has 0 heterocycles. The molecule has 0 radical (unpaired) electrons. The molecule has 0 saturated carbocycles. The van der Waals surface area contributed by atoms with Gasteiger partial charge in [0.15, 0.2) is 0 Å². The van der Waals surface area contributed by atoms with Gasteiger partial charge in [-0.3, -0.25) is 4.90 Å². The van der Waals surface area contributed by atoms with Crippen LogP contribution in [0.4, 0.5) is 4.79 Å². The Morgan fingerprint density at radius 3 is 1.85 bits per heavy atom. The zero-order chi connectivity index (χ0) is 20.5. The van der Waals surface area contributed by atoms with Crippen LogP contribution in [0.2, 0.25) is 0 Å². The molecule has 160 valence electrons. The van der Waals surface area contributed by atoms with Crippen LogP contribution in [0.3, 0.4) is 0 Å². The molecule has 0 aromatic carbocycles. The molecule has 27 heavy (non-hydrogen) atoms. The molecule has 1 atom stereocenters. The van der Waals surface area contributed by atoms with Gasteiger partial charge in [-0.2, -0.15) is 0 Å². The van der Waals surface area contributed by atoms with Crippen molar-refractivity contribution in [2.24, 2.45) is 5.92 Å². The van der Waals surface area contributed by atoms with Crippen molar-refractivity contribution in [1.82, 2.24) is 4.90 Å². The first-order chi connectivity index (χ1) is 12.9. The maximum absolute atomic E-state index is 12.5. The molecule has 0 spiro atoms. The van der Waals surface area contributed by atoms with Gasteiger partial charge in [0.05, 0.1) is 13.2 Å². The zero-order valence-corrected chi connectivity index (χ0v) is 18.4. The quantitative estimate of drug-likeness (QED) is 0.243. The third-order valence-corrected chi connectivity index (χ3v) is 4.64. The third-order valence-electron chi connectivity index (χ3n) is 4.64. The lowest BCUT2D eigenvalue weighted by atomic mass is 10.0. The van der Waals surface area contributed by atoms with Gasteiger partial charge in [-0.1, -0.05) is 79.1 Å². The number of rotatable bonds is 16. The van der Waals surface area contributed by atoms with Gasteiger partial charge in [0.25, 0.3) is 0 Å². The number of esters is 1. The first kappa shape index (κ1) is 25.7. The minimum Gasteiger partial charge on any atom is -0.464 e. The number of carbonyl (C=O) groups excluding carboxylic acids is 2. The van der Waals surface area contributed by atoms with Crippen molar-refractivity contribution in [3.63, 3.8) is 0 Å². The molecular formula is C22H43NO4. The molecule has 0 aliphatic rings. The van der Waals surface area contributed by atoms with E-state index in [1.54, 1.807) is 7.05 Å². The summed E-state index contributed by atoms with van der Waals surface area (Å²) < 4.78 is 10.6. The van der Waals surface area contributed by atoms with Gasteiger partial charge in [0, 0.05) is 7.05 Å². The second kappa shape index (κ2) is 16.9. The van der Waals surface area contributed by atoms with Gasteiger partial charge in [0.1, 0.15) is 6.04 Å². The van der Waals surface area contributed by atoms with E-state index in [0.717, 1.165) is 19.3 Å². The van der Waals surface area contributed by atoms with Gasteiger partial charge < -0.3 is 9.47 Å². The number of likely N-dealkylation sites (N-methyl/N-ethyl adjacent to an activating group) is 1. The summed E-state index contributed by atoms with van der Waals surface area (Å²) in [6.07, 6.45) is 11.9. The fourth-order valence-corrected chi connectivity index (χ4v) is 2.96. The Kier molecular flexibility index (Phi) is 16.1. The zero-order valence-electron chi connectivity index (χ0n) is 18.4. The molecule has 1 unspecified atom stereocenters. The first-order valence-electron chi connectivity index (χ1n) is 11.0. The highest BCUT2D eigenvalue weighted by Crippen LogP contribution is 2.14. The van der Waals surface area contributed by atoms with Crippen LogP contribution in [-0.2, 0) is 14.3 Å². The van der Waals surface area contributed by atoms with Crippen molar-refractivity contribution in [3.05, 3.63) is 0 Å². The Labute approximate surface area is 167 Å². The van der Waals surface area contributed by atoms with Crippen LogP contribution in [0.1, 0.15) is 98.3 Å². The van der Waals surface area contributed by atoms with Crippen LogP contribution in [0.25, 0.3) is 0 Å². The van der Waals surface area contributed by atoms with E-state index in [-0.39, 0.29) is 11.9 Å². The van der Waals surface area contributed by atoms with E-state index in [9.17, 15) is 9.59 Å². The topological polar surface area (TPSA) is 55.8 Å². The Morgan fingerprint density at radius 2 is 1.33 bits per heavy atom. The van der Waals surface area contributed by atoms with Crippen molar-refractivity contribution in [2.45, 2.75) is 104 Å². The number of unbranched alkanes of at least 4 members (excludes halogenated alkanes) is 8. The third kappa shape index (κ3) is 13.5. The Morgan fingerprint density at radius 1 is 0.778 bits per heavy atom. The monoisotopic (exact) mass is 385 g/mol. The standard InChI is InChI=1S/C22H43NO4/c1-6-8-9-10-11-12-13-14-15-17-26-21(24)20(18-19(3)4)23(5)22(25)27-16-7-2/h19-20H,6-18H2,1-5H3. The molecular weight excluding hydrogens is 342 g/mol. The van der Waals surface area contributed by atoms with E-state index in [2.05, 4.69) is 6.92 Å². The van der Waals surface area contributed by atoms with Crippen molar-refractivity contribution >= 4 is 12.1 Å². The second-order valence-electron chi connectivity index (χ2n) is 7.87. The summed E-state index contributed by atoms with van der Waals surface area (Å²) >= 11 is 0. The molecule has 0 aliphatic carbocycles. The molecule has 1 amide bonds. The average molecular weight is 386 g/mol. The summed E-state index contributed by atoms with van der Waals surface area (Å²) in [5, 5.41) is 0. The van der Waals surface area contributed by atoms with Crippen molar-refractivity contribution in [2.75, 3.05) is 20.3 Å². The van der Waals surface area contributed by atoms with Gasteiger partial charge in [0.2, 0.25) is 0 Å². The largest absolute Gasteiger partial charge is 0.464 e. The molecule has 5 nitrogen and oxygen atoms in total. The summed E-state index contributed by atoms with van der Waals surface area (Å²) in [6.45, 7) is 9.04. The van der Waals surface area contributed by atoms with E-state index < -0.39 is 12.1 Å². The highest BCUT2D eigenvalue weighted by Gasteiger charge is 2.29. The Bertz CT molecular complexity index is 385. The van der Waals surface area contributed by atoms with E-state index in [4.69, 9.17) is 9.47 Å². The molecule has 0 N–H and O–H groups in total. The van der Waals surface area contributed by atoms with Gasteiger partial charge >= 0.3 is 12.1 Å². The number of hydrogen-bond acceptors (Lipinski definition) is 4. The van der Waals surface area contributed by atoms with Crippen LogP contribution in [0.5, 0.6) is 0 Å². The summed E-state index contributed by atoms with van der Waals surface area (Å²) in [5.41, 5.74) is 0. The van der Waals surface area contributed by atoms with Crippen LogP contribution >= 0.6 is 0 Å². The predicted molar refractivity (Wildman–Crippen MR) is 111 cm³/mol. The lowest BCUT2D eigenvalue weighted by molar-refractivity contribution is -0.149. The second-order valence-corrected chi connectivity index (χ2v) is 7.87. The van der Waals surface area contributed by atoms with Crippen LogP contribution in [-0.4, -0.2) is 43.3 Å². The Balaban J connectivity index is 4.10. The van der Waals surface area contributed by atoms with Gasteiger partial charge in [-0.25, -0.2) is 9.59 Å². The summed E-state index contributed by atoms with van der Waals surface area (Å²) in [5.74, 6) is -0.0316. The van der Waals surface area contributed by atoms with E-state index >= 15 is 0 Å². The molecule has 0 aromatic rings. The lowest BCUT2D eigenvalue weighted by Gasteiger charge is -2.27.